The highest BCUT2D eigenvalue weighted by Gasteiger charge is 2.35. The van der Waals surface area contributed by atoms with E-state index in [4.69, 9.17) is 9.47 Å². The molecule has 31 heavy (non-hydrogen) atoms. The van der Waals surface area contributed by atoms with Gasteiger partial charge in [0.2, 0.25) is 0 Å². The van der Waals surface area contributed by atoms with Crippen LogP contribution in [0.5, 0.6) is 11.5 Å². The molecule has 168 valence electrons. The summed E-state index contributed by atoms with van der Waals surface area (Å²) in [5.41, 5.74) is 1.45. The summed E-state index contributed by atoms with van der Waals surface area (Å²) in [6.45, 7) is 3.15. The van der Waals surface area contributed by atoms with Crippen LogP contribution in [0, 0.1) is 0 Å². The molecule has 0 aliphatic carbocycles. The van der Waals surface area contributed by atoms with Crippen molar-refractivity contribution in [1.29, 1.82) is 0 Å². The highest BCUT2D eigenvalue weighted by atomic mass is 32.2. The largest absolute Gasteiger partial charge is 0.497 e. The summed E-state index contributed by atoms with van der Waals surface area (Å²) in [7, 11) is -1.51. The minimum atomic E-state index is -3.11. The van der Waals surface area contributed by atoms with Crippen LogP contribution in [-0.2, 0) is 16.4 Å². The fourth-order valence-corrected chi connectivity index (χ4v) is 5.45. The number of benzene rings is 2. The van der Waals surface area contributed by atoms with Gasteiger partial charge in [0.25, 0.3) is 5.91 Å². The normalized spacial score (nSPS) is 17.3. The first-order valence-electron chi connectivity index (χ1n) is 10.8. The Hall–Kier alpha value is -2.54. The zero-order valence-electron chi connectivity index (χ0n) is 18.2. The Labute approximate surface area is 185 Å². The number of carbonyl (C=O) groups excluding carboxylic acids is 1. The van der Waals surface area contributed by atoms with Crippen LogP contribution in [-0.4, -0.2) is 50.5 Å². The molecular formula is C24H31NO5S. The summed E-state index contributed by atoms with van der Waals surface area (Å²) in [5, 5.41) is 0. The second kappa shape index (κ2) is 10.7. The van der Waals surface area contributed by atoms with Crippen molar-refractivity contribution in [3.63, 3.8) is 0 Å². The van der Waals surface area contributed by atoms with Crippen LogP contribution in [0.2, 0.25) is 0 Å². The number of amides is 1. The van der Waals surface area contributed by atoms with Crippen molar-refractivity contribution in [2.24, 2.45) is 0 Å². The summed E-state index contributed by atoms with van der Waals surface area (Å²) in [6.07, 6.45) is 3.73. The number of ether oxygens (including phenoxy) is 2. The Morgan fingerprint density at radius 2 is 1.71 bits per heavy atom. The molecule has 1 heterocycles. The van der Waals surface area contributed by atoms with Gasteiger partial charge >= 0.3 is 0 Å². The molecule has 1 saturated heterocycles. The molecule has 2 aromatic carbocycles. The van der Waals surface area contributed by atoms with Gasteiger partial charge in [-0.2, -0.15) is 0 Å². The highest BCUT2D eigenvalue weighted by molar-refractivity contribution is 7.91. The maximum atomic E-state index is 13.3. The lowest BCUT2D eigenvalue weighted by Gasteiger charge is -2.28. The van der Waals surface area contributed by atoms with Gasteiger partial charge in [0.05, 0.1) is 25.2 Å². The van der Waals surface area contributed by atoms with Crippen LogP contribution in [0.4, 0.5) is 0 Å². The lowest BCUT2D eigenvalue weighted by molar-refractivity contribution is 0.0681. The second-order valence-electron chi connectivity index (χ2n) is 7.92. The van der Waals surface area contributed by atoms with Gasteiger partial charge in [-0.05, 0) is 54.8 Å². The molecule has 1 aliphatic heterocycles. The van der Waals surface area contributed by atoms with Crippen LogP contribution in [0.15, 0.2) is 48.5 Å². The van der Waals surface area contributed by atoms with Crippen molar-refractivity contribution in [2.75, 3.05) is 25.2 Å². The fourth-order valence-electron chi connectivity index (χ4n) is 3.72. The maximum absolute atomic E-state index is 13.3. The van der Waals surface area contributed by atoms with Crippen molar-refractivity contribution in [3.05, 3.63) is 59.7 Å². The first kappa shape index (κ1) is 23.1. The smallest absolute Gasteiger partial charge is 0.254 e. The Morgan fingerprint density at radius 3 is 2.29 bits per heavy atom. The third-order valence-electron chi connectivity index (χ3n) is 5.54. The average Bonchev–Trinajstić information content (AvgIpc) is 3.15. The predicted octanol–water partition coefficient (Wildman–Crippen LogP) is 4.09. The minimum absolute atomic E-state index is 0.00746. The van der Waals surface area contributed by atoms with Crippen LogP contribution < -0.4 is 9.47 Å². The lowest BCUT2D eigenvalue weighted by Crippen LogP contribution is -2.40. The molecule has 0 saturated carbocycles. The van der Waals surface area contributed by atoms with E-state index >= 15 is 0 Å². The topological polar surface area (TPSA) is 72.9 Å². The zero-order chi connectivity index (χ0) is 22.3. The highest BCUT2D eigenvalue weighted by Crippen LogP contribution is 2.24. The molecule has 1 amide bonds. The monoisotopic (exact) mass is 445 g/mol. The van der Waals surface area contributed by atoms with Gasteiger partial charge in [0.15, 0.2) is 9.84 Å². The van der Waals surface area contributed by atoms with Crippen molar-refractivity contribution in [1.82, 2.24) is 4.90 Å². The Kier molecular flexibility index (Phi) is 7.96. The molecule has 0 N–H and O–H groups in total. The standard InChI is InChI=1S/C24H31NO5S/c1-3-4-5-15-30-23-12-8-20(9-13-23)24(26)25(21-14-16-31(27,28)18-21)17-19-6-10-22(29-2)11-7-19/h6-13,21H,3-5,14-18H2,1-2H3. The summed E-state index contributed by atoms with van der Waals surface area (Å²) >= 11 is 0. The molecule has 0 spiro atoms. The van der Waals surface area contributed by atoms with Gasteiger partial charge < -0.3 is 14.4 Å². The molecule has 2 aromatic rings. The number of sulfone groups is 1. The Bertz CT molecular complexity index is 954. The van der Waals surface area contributed by atoms with Gasteiger partial charge in [0, 0.05) is 18.2 Å². The molecular weight excluding hydrogens is 414 g/mol. The number of hydrogen-bond donors (Lipinski definition) is 0. The molecule has 1 aliphatic rings. The number of nitrogens with zero attached hydrogens (tertiary/aromatic N) is 1. The number of unbranched alkanes of at least 4 members (excludes halogenated alkanes) is 2. The van der Waals surface area contributed by atoms with Crippen molar-refractivity contribution >= 4 is 15.7 Å². The Balaban J connectivity index is 1.75. The van der Waals surface area contributed by atoms with Gasteiger partial charge in [-0.1, -0.05) is 31.9 Å². The Morgan fingerprint density at radius 1 is 1.03 bits per heavy atom. The number of rotatable bonds is 10. The molecule has 0 aromatic heterocycles. The van der Waals surface area contributed by atoms with Crippen molar-refractivity contribution in [2.45, 2.75) is 45.2 Å². The minimum Gasteiger partial charge on any atom is -0.497 e. The van der Waals surface area contributed by atoms with E-state index in [9.17, 15) is 13.2 Å². The van der Waals surface area contributed by atoms with E-state index in [1.54, 1.807) is 36.3 Å². The van der Waals surface area contributed by atoms with E-state index in [1.807, 2.05) is 24.3 Å². The SMILES string of the molecule is CCCCCOc1ccc(C(=O)N(Cc2ccc(OC)cc2)C2CCS(=O)(=O)C2)cc1. The van der Waals surface area contributed by atoms with Gasteiger partial charge in [-0.15, -0.1) is 0 Å². The van der Waals surface area contributed by atoms with Gasteiger partial charge in [0.1, 0.15) is 11.5 Å². The molecule has 3 rings (SSSR count). The fraction of sp³-hybridized carbons (Fsp3) is 0.458. The quantitative estimate of drug-likeness (QED) is 0.515. The van der Waals surface area contributed by atoms with Crippen molar-refractivity contribution < 1.29 is 22.7 Å². The van der Waals surface area contributed by atoms with E-state index in [1.165, 1.54) is 0 Å². The average molecular weight is 446 g/mol. The van der Waals surface area contributed by atoms with Crippen molar-refractivity contribution in [3.8, 4) is 11.5 Å². The van der Waals surface area contributed by atoms with E-state index in [0.29, 0.717) is 25.1 Å². The predicted molar refractivity (Wildman–Crippen MR) is 121 cm³/mol. The molecule has 6 nitrogen and oxygen atoms in total. The summed E-state index contributed by atoms with van der Waals surface area (Å²) in [4.78, 5) is 15.0. The molecule has 1 fully saturated rings. The molecule has 7 heteroatoms. The van der Waals surface area contributed by atoms with Gasteiger partial charge in [-0.3, -0.25) is 4.79 Å². The summed E-state index contributed by atoms with van der Waals surface area (Å²) in [6, 6.07) is 14.3. The first-order chi connectivity index (χ1) is 14.9. The molecule has 0 bridgehead atoms. The van der Waals surface area contributed by atoms with E-state index in [2.05, 4.69) is 6.92 Å². The van der Waals surface area contributed by atoms with E-state index < -0.39 is 9.84 Å². The van der Waals surface area contributed by atoms with E-state index in [-0.39, 0.29) is 23.5 Å². The molecule has 1 unspecified atom stereocenters. The summed E-state index contributed by atoms with van der Waals surface area (Å²) < 4.78 is 35.1. The number of methoxy groups -OCH3 is 1. The van der Waals surface area contributed by atoms with Crippen LogP contribution in [0.3, 0.4) is 0 Å². The van der Waals surface area contributed by atoms with Crippen LogP contribution in [0.25, 0.3) is 0 Å². The second-order valence-corrected chi connectivity index (χ2v) is 10.1. The van der Waals surface area contributed by atoms with Crippen LogP contribution in [0.1, 0.15) is 48.5 Å². The maximum Gasteiger partial charge on any atom is 0.254 e. The first-order valence-corrected chi connectivity index (χ1v) is 12.6. The zero-order valence-corrected chi connectivity index (χ0v) is 19.1. The number of hydrogen-bond acceptors (Lipinski definition) is 5. The summed E-state index contributed by atoms with van der Waals surface area (Å²) in [5.74, 6) is 1.43. The molecule has 0 radical (unpaired) electrons. The molecule has 1 atom stereocenters. The number of carbonyl (C=O) groups is 1. The third kappa shape index (κ3) is 6.47. The third-order valence-corrected chi connectivity index (χ3v) is 7.29. The van der Waals surface area contributed by atoms with Crippen LogP contribution >= 0.6 is 0 Å². The van der Waals surface area contributed by atoms with E-state index in [0.717, 1.165) is 36.3 Å². The van der Waals surface area contributed by atoms with Gasteiger partial charge in [-0.25, -0.2) is 8.42 Å². The lowest BCUT2D eigenvalue weighted by atomic mass is 10.1.